The van der Waals surface area contributed by atoms with Crippen LogP contribution in [0.5, 0.6) is 0 Å². The minimum Gasteiger partial charge on any atom is -0.340 e. The van der Waals surface area contributed by atoms with E-state index in [0.29, 0.717) is 0 Å². The molecule has 0 radical (unpaired) electrons. The molecule has 1 aliphatic heterocycles. The smallest absolute Gasteiger partial charge is 0.133 e. The number of hydrogen-bond donors (Lipinski definition) is 1. The Morgan fingerprint density at radius 1 is 1.12 bits per heavy atom. The van der Waals surface area contributed by atoms with Gasteiger partial charge < -0.3 is 5.32 Å². The number of hydrogen-bond acceptors (Lipinski definition) is 2. The van der Waals surface area contributed by atoms with Crippen molar-refractivity contribution in [1.29, 1.82) is 0 Å². The lowest BCUT2D eigenvalue weighted by molar-refractivity contribution is 0.344. The van der Waals surface area contributed by atoms with Gasteiger partial charge in [-0.25, -0.2) is 0 Å². The molecular weight excluding hydrogens is 316 g/mol. The molecule has 4 rings (SSSR count). The van der Waals surface area contributed by atoms with Crippen LogP contribution >= 0.6 is 11.6 Å². The third kappa shape index (κ3) is 2.67. The highest BCUT2D eigenvalue weighted by Crippen LogP contribution is 2.47. The number of halogens is 1. The number of amidine groups is 1. The van der Waals surface area contributed by atoms with Gasteiger partial charge in [-0.05, 0) is 24.6 Å². The second-order valence-electron chi connectivity index (χ2n) is 6.60. The molecule has 2 nitrogen and oxygen atoms in total. The Bertz CT molecular complexity index is 866. The summed E-state index contributed by atoms with van der Waals surface area (Å²) < 4.78 is 0. The molecule has 1 heterocycles. The summed E-state index contributed by atoms with van der Waals surface area (Å²) in [5, 5.41) is 4.20. The van der Waals surface area contributed by atoms with Crippen LogP contribution in [0.15, 0.2) is 77.8 Å². The van der Waals surface area contributed by atoms with Crippen molar-refractivity contribution in [3.8, 4) is 0 Å². The maximum atomic E-state index is 6.17. The summed E-state index contributed by atoms with van der Waals surface area (Å²) in [6, 6.07) is 16.3. The lowest BCUT2D eigenvalue weighted by Gasteiger charge is -2.37. The first-order valence-corrected chi connectivity index (χ1v) is 8.58. The van der Waals surface area contributed by atoms with Crippen LogP contribution in [-0.2, 0) is 0 Å². The van der Waals surface area contributed by atoms with Crippen LogP contribution < -0.4 is 5.32 Å². The van der Waals surface area contributed by atoms with E-state index in [1.165, 1.54) is 5.56 Å². The normalized spacial score (nSPS) is 24.9. The van der Waals surface area contributed by atoms with Crippen molar-refractivity contribution in [2.24, 2.45) is 10.4 Å². The monoisotopic (exact) mass is 334 g/mol. The van der Waals surface area contributed by atoms with Gasteiger partial charge in [0, 0.05) is 27.3 Å². The number of nitrogens with one attached hydrogen (secondary N) is 1. The Kier molecular flexibility index (Phi) is 3.78. The lowest BCUT2D eigenvalue weighted by atomic mass is 9.73. The fourth-order valence-electron chi connectivity index (χ4n) is 3.44. The van der Waals surface area contributed by atoms with Crippen LogP contribution in [0.1, 0.15) is 30.5 Å². The van der Waals surface area contributed by atoms with Crippen molar-refractivity contribution in [3.05, 3.63) is 89.0 Å². The first kappa shape index (κ1) is 15.2. The van der Waals surface area contributed by atoms with Crippen LogP contribution in [0.25, 0.3) is 0 Å². The maximum absolute atomic E-state index is 6.17. The van der Waals surface area contributed by atoms with Crippen LogP contribution in [0.3, 0.4) is 0 Å². The van der Waals surface area contributed by atoms with Gasteiger partial charge in [-0.15, -0.1) is 0 Å². The predicted octanol–water partition coefficient (Wildman–Crippen LogP) is 5.78. The fourth-order valence-corrected chi connectivity index (χ4v) is 3.63. The highest BCUT2D eigenvalue weighted by atomic mass is 35.5. The second kappa shape index (κ2) is 5.95. The van der Waals surface area contributed by atoms with Gasteiger partial charge in [0.05, 0.1) is 6.04 Å². The Morgan fingerprint density at radius 2 is 2.00 bits per heavy atom. The Morgan fingerprint density at radius 3 is 2.79 bits per heavy atom. The van der Waals surface area contributed by atoms with Crippen LogP contribution in [0, 0.1) is 5.41 Å². The van der Waals surface area contributed by atoms with Gasteiger partial charge in [-0.3, -0.25) is 4.99 Å². The van der Waals surface area contributed by atoms with E-state index in [1.807, 2.05) is 24.3 Å². The van der Waals surface area contributed by atoms with Gasteiger partial charge in [0.15, 0.2) is 0 Å². The van der Waals surface area contributed by atoms with Crippen molar-refractivity contribution in [2.45, 2.75) is 19.4 Å². The summed E-state index contributed by atoms with van der Waals surface area (Å²) in [6.07, 6.45) is 9.71. The maximum Gasteiger partial charge on any atom is 0.133 e. The molecule has 0 bridgehead atoms. The van der Waals surface area contributed by atoms with Crippen LogP contribution in [0.2, 0.25) is 5.02 Å². The standard InChI is InChI=1S/C21H19ClN2/c1-21(12-5-2-6-13-21)19-17-10-3-4-11-18(17)23-20(24-19)15-8-7-9-16(22)14-15/h2-12,14,19H,13H2,1H3,(H,23,24). The molecule has 1 aliphatic carbocycles. The first-order valence-electron chi connectivity index (χ1n) is 8.20. The zero-order valence-corrected chi connectivity index (χ0v) is 14.3. The van der Waals surface area contributed by atoms with Crippen molar-refractivity contribution in [2.75, 3.05) is 5.32 Å². The molecular formula is C21H19ClN2. The van der Waals surface area contributed by atoms with Crippen LogP contribution in [0.4, 0.5) is 5.69 Å². The molecule has 2 aromatic rings. The molecule has 1 N–H and O–H groups in total. The van der Waals surface area contributed by atoms with E-state index in [9.17, 15) is 0 Å². The highest BCUT2D eigenvalue weighted by molar-refractivity contribution is 6.31. The van der Waals surface area contributed by atoms with Crippen molar-refractivity contribution in [1.82, 2.24) is 0 Å². The number of allylic oxidation sites excluding steroid dienone is 3. The minimum absolute atomic E-state index is 0.0310. The molecule has 2 aliphatic rings. The number of anilines is 1. The van der Waals surface area contributed by atoms with E-state index in [1.54, 1.807) is 0 Å². The SMILES string of the molecule is CC1(C2N=C(c3cccc(Cl)c3)Nc3ccccc32)C=CC=CC1. The summed E-state index contributed by atoms with van der Waals surface area (Å²) in [4.78, 5) is 5.09. The molecule has 0 saturated carbocycles. The summed E-state index contributed by atoms with van der Waals surface area (Å²) in [5.41, 5.74) is 3.35. The van der Waals surface area contributed by atoms with Gasteiger partial charge >= 0.3 is 0 Å². The van der Waals surface area contributed by atoms with E-state index in [2.05, 4.69) is 60.8 Å². The molecule has 2 unspecified atom stereocenters. The molecule has 0 saturated heterocycles. The highest BCUT2D eigenvalue weighted by Gasteiger charge is 2.36. The second-order valence-corrected chi connectivity index (χ2v) is 7.04. The largest absolute Gasteiger partial charge is 0.340 e. The van der Waals surface area contributed by atoms with Gasteiger partial charge in [0.25, 0.3) is 0 Å². The molecule has 24 heavy (non-hydrogen) atoms. The molecule has 120 valence electrons. The van der Waals surface area contributed by atoms with Gasteiger partial charge in [-0.2, -0.15) is 0 Å². The van der Waals surface area contributed by atoms with Gasteiger partial charge in [0.2, 0.25) is 0 Å². The van der Waals surface area contributed by atoms with E-state index in [4.69, 9.17) is 16.6 Å². The van der Waals surface area contributed by atoms with Crippen LogP contribution in [-0.4, -0.2) is 5.84 Å². The minimum atomic E-state index is -0.0310. The van der Waals surface area contributed by atoms with E-state index >= 15 is 0 Å². The summed E-state index contributed by atoms with van der Waals surface area (Å²) in [7, 11) is 0. The van der Waals surface area contributed by atoms with Crippen molar-refractivity contribution in [3.63, 3.8) is 0 Å². The third-order valence-corrected chi connectivity index (χ3v) is 5.01. The number of para-hydroxylation sites is 1. The topological polar surface area (TPSA) is 24.4 Å². The summed E-state index contributed by atoms with van der Waals surface area (Å²) in [6.45, 7) is 2.28. The van der Waals surface area contributed by atoms with Gasteiger partial charge in [-0.1, -0.05) is 73.2 Å². The van der Waals surface area contributed by atoms with E-state index < -0.39 is 0 Å². The summed E-state index contributed by atoms with van der Waals surface area (Å²) >= 11 is 6.17. The van der Waals surface area contributed by atoms with Crippen molar-refractivity contribution < 1.29 is 0 Å². The Balaban J connectivity index is 1.83. The molecule has 0 aromatic heterocycles. The third-order valence-electron chi connectivity index (χ3n) is 4.77. The van der Waals surface area contributed by atoms with E-state index in [-0.39, 0.29) is 11.5 Å². The number of aliphatic imine (C=N–C) groups is 1. The average Bonchev–Trinajstić information content (AvgIpc) is 2.61. The molecule has 0 fully saturated rings. The lowest BCUT2D eigenvalue weighted by Crippen LogP contribution is -2.30. The zero-order chi connectivity index (χ0) is 16.6. The quantitative estimate of drug-likeness (QED) is 0.740. The summed E-state index contributed by atoms with van der Waals surface area (Å²) in [5.74, 6) is 0.880. The Hall–Kier alpha value is -2.32. The molecule has 0 spiro atoms. The molecule has 3 heteroatoms. The van der Waals surface area contributed by atoms with Gasteiger partial charge in [0.1, 0.15) is 5.84 Å². The first-order chi connectivity index (χ1) is 11.7. The van der Waals surface area contributed by atoms with E-state index in [0.717, 1.165) is 28.5 Å². The fraction of sp³-hybridized carbons (Fsp3) is 0.190. The predicted molar refractivity (Wildman–Crippen MR) is 102 cm³/mol. The molecule has 2 aromatic carbocycles. The number of fused-ring (bicyclic) bond motifs is 1. The average molecular weight is 335 g/mol. The molecule has 2 atom stereocenters. The number of benzene rings is 2. The molecule has 0 amide bonds. The number of rotatable bonds is 2. The zero-order valence-electron chi connectivity index (χ0n) is 13.5. The number of nitrogens with zero attached hydrogens (tertiary/aromatic N) is 1. The Labute approximate surface area is 147 Å². The van der Waals surface area contributed by atoms with Crippen molar-refractivity contribution >= 4 is 23.1 Å².